The number of phenolic OH excluding ortho intramolecular Hbond substituents is 1. The van der Waals surface area contributed by atoms with E-state index in [0.29, 0.717) is 11.5 Å². The number of benzene rings is 2. The maximum Gasteiger partial charge on any atom is 0.256 e. The zero-order chi connectivity index (χ0) is 16.6. The molecule has 2 aromatic rings. The van der Waals surface area contributed by atoms with Crippen molar-refractivity contribution in [3.05, 3.63) is 59.2 Å². The molecule has 4 nitrogen and oxygen atoms in total. The number of hydrogen-bond acceptors (Lipinski definition) is 3. The standard InChI is InChI=1S/C18H18N2O2S/c1-11-3-6-14(9-12(11)2)20-17(22)16(19-18(20)23)10-13-4-7-15(21)8-5-13/h3-9,16,21H,10H2,1-2H3,(H,19,23)/t16-/m1/s1. The van der Waals surface area contributed by atoms with Crippen molar-refractivity contribution < 1.29 is 9.90 Å². The van der Waals surface area contributed by atoms with E-state index in [4.69, 9.17) is 12.2 Å². The van der Waals surface area contributed by atoms with Gasteiger partial charge >= 0.3 is 0 Å². The van der Waals surface area contributed by atoms with Crippen molar-refractivity contribution in [2.75, 3.05) is 4.90 Å². The van der Waals surface area contributed by atoms with E-state index in [0.717, 1.165) is 16.8 Å². The van der Waals surface area contributed by atoms with Gasteiger partial charge in [0.1, 0.15) is 11.8 Å². The third kappa shape index (κ3) is 3.05. The van der Waals surface area contributed by atoms with Crippen LogP contribution >= 0.6 is 12.2 Å². The quantitative estimate of drug-likeness (QED) is 0.852. The Hall–Kier alpha value is -2.40. The molecule has 1 aliphatic rings. The van der Waals surface area contributed by atoms with E-state index in [1.54, 1.807) is 17.0 Å². The molecule has 0 aromatic heterocycles. The maximum atomic E-state index is 12.7. The van der Waals surface area contributed by atoms with Crippen molar-refractivity contribution >= 4 is 28.9 Å². The highest BCUT2D eigenvalue weighted by Gasteiger charge is 2.36. The third-order valence-corrected chi connectivity index (χ3v) is 4.44. The molecule has 1 fully saturated rings. The number of carbonyl (C=O) groups excluding carboxylic acids is 1. The van der Waals surface area contributed by atoms with Crippen LogP contribution in [0.1, 0.15) is 16.7 Å². The van der Waals surface area contributed by atoms with Crippen LogP contribution in [0.15, 0.2) is 42.5 Å². The fourth-order valence-electron chi connectivity index (χ4n) is 2.65. The van der Waals surface area contributed by atoms with E-state index in [1.165, 1.54) is 5.56 Å². The Morgan fingerprint density at radius 2 is 1.83 bits per heavy atom. The molecule has 1 atom stereocenters. The van der Waals surface area contributed by atoms with Gasteiger partial charge in [-0.05, 0) is 67.0 Å². The van der Waals surface area contributed by atoms with Crippen molar-refractivity contribution in [3.8, 4) is 5.75 Å². The highest BCUT2D eigenvalue weighted by Crippen LogP contribution is 2.24. The molecule has 0 saturated carbocycles. The van der Waals surface area contributed by atoms with E-state index in [2.05, 4.69) is 5.32 Å². The lowest BCUT2D eigenvalue weighted by Gasteiger charge is -2.16. The normalized spacial score (nSPS) is 17.5. The number of carbonyl (C=O) groups is 1. The lowest BCUT2D eigenvalue weighted by atomic mass is 10.1. The highest BCUT2D eigenvalue weighted by atomic mass is 32.1. The molecule has 0 bridgehead atoms. The second-order valence-electron chi connectivity index (χ2n) is 5.81. The van der Waals surface area contributed by atoms with Crippen LogP contribution in [0.4, 0.5) is 5.69 Å². The molecule has 1 amide bonds. The summed E-state index contributed by atoms with van der Waals surface area (Å²) >= 11 is 5.34. The van der Waals surface area contributed by atoms with Crippen molar-refractivity contribution in [1.29, 1.82) is 0 Å². The lowest BCUT2D eigenvalue weighted by molar-refractivity contribution is -0.118. The Bertz CT molecular complexity index is 771. The molecule has 0 aliphatic carbocycles. The molecule has 1 heterocycles. The first kappa shape index (κ1) is 15.5. The Balaban J connectivity index is 1.82. The van der Waals surface area contributed by atoms with Crippen LogP contribution < -0.4 is 10.2 Å². The van der Waals surface area contributed by atoms with Gasteiger partial charge in [-0.2, -0.15) is 0 Å². The maximum absolute atomic E-state index is 12.7. The second kappa shape index (κ2) is 6.01. The van der Waals surface area contributed by atoms with Gasteiger partial charge in [-0.15, -0.1) is 0 Å². The van der Waals surface area contributed by atoms with Crippen LogP contribution in [-0.4, -0.2) is 22.2 Å². The van der Waals surface area contributed by atoms with Gasteiger partial charge in [-0.3, -0.25) is 9.69 Å². The number of nitrogens with zero attached hydrogens (tertiary/aromatic N) is 1. The number of anilines is 1. The number of nitrogens with one attached hydrogen (secondary N) is 1. The van der Waals surface area contributed by atoms with Crippen LogP contribution in [0.3, 0.4) is 0 Å². The summed E-state index contributed by atoms with van der Waals surface area (Å²) in [6.07, 6.45) is 0.528. The summed E-state index contributed by atoms with van der Waals surface area (Å²) in [6.45, 7) is 4.05. The molecule has 0 spiro atoms. The number of thiocarbonyl (C=S) groups is 1. The smallest absolute Gasteiger partial charge is 0.256 e. The van der Waals surface area contributed by atoms with E-state index < -0.39 is 0 Å². The fourth-order valence-corrected chi connectivity index (χ4v) is 2.98. The predicted octanol–water partition coefficient (Wildman–Crippen LogP) is 2.84. The molecule has 23 heavy (non-hydrogen) atoms. The van der Waals surface area contributed by atoms with Crippen molar-refractivity contribution in [1.82, 2.24) is 5.32 Å². The molecule has 2 N–H and O–H groups in total. The fraction of sp³-hybridized carbons (Fsp3) is 0.222. The summed E-state index contributed by atoms with van der Waals surface area (Å²) in [5, 5.41) is 12.9. The minimum atomic E-state index is -0.381. The number of phenols is 1. The molecule has 1 aliphatic heterocycles. The van der Waals surface area contributed by atoms with Crippen LogP contribution in [0.2, 0.25) is 0 Å². The molecular weight excluding hydrogens is 308 g/mol. The topological polar surface area (TPSA) is 52.6 Å². The van der Waals surface area contributed by atoms with Crippen molar-refractivity contribution in [2.45, 2.75) is 26.3 Å². The number of aromatic hydroxyl groups is 1. The lowest BCUT2D eigenvalue weighted by Crippen LogP contribution is -2.32. The minimum absolute atomic E-state index is 0.0497. The number of amides is 1. The summed E-state index contributed by atoms with van der Waals surface area (Å²) in [5.74, 6) is 0.165. The average Bonchev–Trinajstić information content (AvgIpc) is 2.79. The number of rotatable bonds is 3. The van der Waals surface area contributed by atoms with Crippen LogP contribution in [0, 0.1) is 13.8 Å². The first-order chi connectivity index (χ1) is 11.0. The minimum Gasteiger partial charge on any atom is -0.508 e. The molecule has 1 saturated heterocycles. The van der Waals surface area contributed by atoms with E-state index in [1.807, 2.05) is 44.2 Å². The largest absolute Gasteiger partial charge is 0.508 e. The Morgan fingerprint density at radius 3 is 2.48 bits per heavy atom. The van der Waals surface area contributed by atoms with Gasteiger partial charge < -0.3 is 10.4 Å². The zero-order valence-electron chi connectivity index (χ0n) is 13.0. The number of hydrogen-bond donors (Lipinski definition) is 2. The van der Waals surface area contributed by atoms with E-state index >= 15 is 0 Å². The van der Waals surface area contributed by atoms with Gasteiger partial charge in [0.15, 0.2) is 5.11 Å². The zero-order valence-corrected chi connectivity index (χ0v) is 13.9. The van der Waals surface area contributed by atoms with Gasteiger partial charge in [-0.25, -0.2) is 0 Å². The Labute approximate surface area is 140 Å². The molecule has 5 heteroatoms. The Kier molecular flexibility index (Phi) is 4.05. The SMILES string of the molecule is Cc1ccc(N2C(=O)[C@@H](Cc3ccc(O)cc3)NC2=S)cc1C. The summed E-state index contributed by atoms with van der Waals surface area (Å²) in [4.78, 5) is 14.3. The summed E-state index contributed by atoms with van der Waals surface area (Å²) in [7, 11) is 0. The average molecular weight is 326 g/mol. The molecule has 3 rings (SSSR count). The van der Waals surface area contributed by atoms with Gasteiger partial charge in [0.25, 0.3) is 5.91 Å². The van der Waals surface area contributed by atoms with Gasteiger partial charge in [-0.1, -0.05) is 18.2 Å². The van der Waals surface area contributed by atoms with Crippen molar-refractivity contribution in [2.24, 2.45) is 0 Å². The van der Waals surface area contributed by atoms with E-state index in [-0.39, 0.29) is 17.7 Å². The van der Waals surface area contributed by atoms with Crippen molar-refractivity contribution in [3.63, 3.8) is 0 Å². The van der Waals surface area contributed by atoms with Crippen LogP contribution in [0.5, 0.6) is 5.75 Å². The van der Waals surface area contributed by atoms with Crippen LogP contribution in [0.25, 0.3) is 0 Å². The molecule has 0 radical (unpaired) electrons. The second-order valence-corrected chi connectivity index (χ2v) is 6.20. The predicted molar refractivity (Wildman–Crippen MR) is 94.7 cm³/mol. The molecule has 0 unspecified atom stereocenters. The first-order valence-corrected chi connectivity index (χ1v) is 7.86. The van der Waals surface area contributed by atoms with Gasteiger partial charge in [0.2, 0.25) is 0 Å². The van der Waals surface area contributed by atoms with Gasteiger partial charge in [0, 0.05) is 6.42 Å². The van der Waals surface area contributed by atoms with Gasteiger partial charge in [0.05, 0.1) is 5.69 Å². The third-order valence-electron chi connectivity index (χ3n) is 4.14. The van der Waals surface area contributed by atoms with Crippen LogP contribution in [-0.2, 0) is 11.2 Å². The monoisotopic (exact) mass is 326 g/mol. The summed E-state index contributed by atoms with van der Waals surface area (Å²) in [5.41, 5.74) is 4.07. The molecule has 118 valence electrons. The summed E-state index contributed by atoms with van der Waals surface area (Å²) < 4.78 is 0. The van der Waals surface area contributed by atoms with E-state index in [9.17, 15) is 9.90 Å². The summed E-state index contributed by atoms with van der Waals surface area (Å²) in [6, 6.07) is 12.4. The number of aryl methyl sites for hydroxylation is 2. The Morgan fingerprint density at radius 1 is 1.13 bits per heavy atom. The highest BCUT2D eigenvalue weighted by molar-refractivity contribution is 7.80. The first-order valence-electron chi connectivity index (χ1n) is 7.45. The molecule has 2 aromatic carbocycles. The molecular formula is C18H18N2O2S.